The Morgan fingerprint density at radius 2 is 1.90 bits per heavy atom. The average molecular weight is 418 g/mol. The molecule has 0 spiro atoms. The van der Waals surface area contributed by atoms with Gasteiger partial charge in [0.05, 0.1) is 23.7 Å². The van der Waals surface area contributed by atoms with Gasteiger partial charge in [0.1, 0.15) is 5.75 Å². The molecule has 3 nitrogen and oxygen atoms in total. The van der Waals surface area contributed by atoms with Crippen molar-refractivity contribution < 1.29 is 17.9 Å². The van der Waals surface area contributed by atoms with Crippen molar-refractivity contribution in [3.05, 3.63) is 81.8 Å². The van der Waals surface area contributed by atoms with Crippen molar-refractivity contribution in [1.82, 2.24) is 9.88 Å². The zero-order chi connectivity index (χ0) is 20.3. The topological polar surface area (TPSA) is 25.4 Å². The predicted octanol–water partition coefficient (Wildman–Crippen LogP) is 5.58. The summed E-state index contributed by atoms with van der Waals surface area (Å²) in [5, 5.41) is 0. The lowest BCUT2D eigenvalue weighted by Gasteiger charge is -2.36. The molecule has 0 N–H and O–H groups in total. The lowest BCUT2D eigenvalue weighted by atomic mass is 9.92. The first-order valence-corrected chi connectivity index (χ1v) is 10.4. The zero-order valence-corrected chi connectivity index (χ0v) is 16.5. The van der Waals surface area contributed by atoms with Crippen molar-refractivity contribution in [3.8, 4) is 5.75 Å². The molecule has 0 aliphatic carbocycles. The standard InChI is InChI=1S/C22H21F3N2OS/c23-22(24,25)17-6-8-18(9-7-17)28-13-3-11-27-12-10-16-4-1-2-5-19(16)21(27)20-14-26-15-29-20/h1-2,4-9,14-15,21H,3,10-13H2. The Balaban J connectivity index is 1.37. The lowest BCUT2D eigenvalue weighted by molar-refractivity contribution is -0.137. The first-order chi connectivity index (χ1) is 14.0. The Morgan fingerprint density at radius 3 is 2.62 bits per heavy atom. The monoisotopic (exact) mass is 418 g/mol. The second-order valence-electron chi connectivity index (χ2n) is 7.02. The largest absolute Gasteiger partial charge is 0.494 e. The molecule has 29 heavy (non-hydrogen) atoms. The number of hydrogen-bond donors (Lipinski definition) is 0. The number of fused-ring (bicyclic) bond motifs is 1. The molecule has 2 heterocycles. The van der Waals surface area contributed by atoms with E-state index in [1.165, 1.54) is 28.1 Å². The van der Waals surface area contributed by atoms with Crippen LogP contribution in [0.15, 0.2) is 60.2 Å². The molecule has 0 bridgehead atoms. The van der Waals surface area contributed by atoms with Crippen LogP contribution in [0.4, 0.5) is 13.2 Å². The Morgan fingerprint density at radius 1 is 1.10 bits per heavy atom. The summed E-state index contributed by atoms with van der Waals surface area (Å²) in [6.45, 7) is 2.26. The van der Waals surface area contributed by atoms with Crippen molar-refractivity contribution in [3.63, 3.8) is 0 Å². The molecule has 1 aliphatic heterocycles. The van der Waals surface area contributed by atoms with Gasteiger partial charge >= 0.3 is 6.18 Å². The molecule has 152 valence electrons. The van der Waals surface area contributed by atoms with E-state index in [9.17, 15) is 13.2 Å². The summed E-state index contributed by atoms with van der Waals surface area (Å²) in [4.78, 5) is 7.91. The molecule has 0 radical (unpaired) electrons. The third-order valence-electron chi connectivity index (χ3n) is 5.14. The number of nitrogens with zero attached hydrogens (tertiary/aromatic N) is 2. The number of alkyl halides is 3. The number of rotatable bonds is 6. The van der Waals surface area contributed by atoms with Crippen LogP contribution < -0.4 is 4.74 Å². The summed E-state index contributed by atoms with van der Waals surface area (Å²) in [7, 11) is 0. The second-order valence-corrected chi connectivity index (χ2v) is 7.93. The van der Waals surface area contributed by atoms with Gasteiger partial charge in [0.25, 0.3) is 0 Å². The Labute approximate surface area is 171 Å². The second kappa shape index (κ2) is 8.55. The molecule has 0 amide bonds. The van der Waals surface area contributed by atoms with Crippen molar-refractivity contribution in [2.24, 2.45) is 0 Å². The number of ether oxygens (including phenoxy) is 1. The van der Waals surface area contributed by atoms with E-state index in [2.05, 4.69) is 34.1 Å². The maximum Gasteiger partial charge on any atom is 0.416 e. The van der Waals surface area contributed by atoms with E-state index in [-0.39, 0.29) is 6.04 Å². The van der Waals surface area contributed by atoms with Crippen LogP contribution in [0, 0.1) is 0 Å². The van der Waals surface area contributed by atoms with Crippen LogP contribution in [0.5, 0.6) is 5.75 Å². The third-order valence-corrected chi connectivity index (χ3v) is 5.97. The molecule has 0 saturated carbocycles. The zero-order valence-electron chi connectivity index (χ0n) is 15.7. The Bertz CT molecular complexity index is 926. The maximum absolute atomic E-state index is 12.6. The summed E-state index contributed by atoms with van der Waals surface area (Å²) < 4.78 is 43.6. The number of benzene rings is 2. The van der Waals surface area contributed by atoms with Crippen molar-refractivity contribution in [2.45, 2.75) is 25.1 Å². The van der Waals surface area contributed by atoms with E-state index in [4.69, 9.17) is 4.74 Å². The molecule has 1 unspecified atom stereocenters. The normalized spacial score (nSPS) is 17.1. The van der Waals surface area contributed by atoms with Crippen LogP contribution in [0.25, 0.3) is 0 Å². The highest BCUT2D eigenvalue weighted by Gasteiger charge is 2.30. The van der Waals surface area contributed by atoms with Crippen molar-refractivity contribution in [1.29, 1.82) is 0 Å². The van der Waals surface area contributed by atoms with Crippen LogP contribution in [0.3, 0.4) is 0 Å². The molecule has 0 saturated heterocycles. The number of aromatic nitrogens is 1. The highest BCUT2D eigenvalue weighted by Crippen LogP contribution is 2.36. The summed E-state index contributed by atoms with van der Waals surface area (Å²) in [5.41, 5.74) is 3.90. The van der Waals surface area contributed by atoms with Gasteiger partial charge in [-0.2, -0.15) is 13.2 Å². The number of thiazole rings is 1. The Hall–Kier alpha value is -2.38. The molecule has 1 aromatic heterocycles. The first kappa shape index (κ1) is 19.9. The maximum atomic E-state index is 12.6. The SMILES string of the molecule is FC(F)(F)c1ccc(OCCCN2CCc3ccccc3C2c2cncs2)cc1. The van der Waals surface area contributed by atoms with Gasteiger partial charge in [-0.05, 0) is 48.2 Å². The quantitative estimate of drug-likeness (QED) is 0.489. The van der Waals surface area contributed by atoms with Crippen LogP contribution in [0.1, 0.15) is 34.0 Å². The third kappa shape index (κ3) is 4.62. The number of halogens is 3. The van der Waals surface area contributed by atoms with Gasteiger partial charge < -0.3 is 4.74 Å². The minimum atomic E-state index is -4.32. The average Bonchev–Trinajstić information content (AvgIpc) is 3.25. The van der Waals surface area contributed by atoms with Crippen LogP contribution in [-0.2, 0) is 12.6 Å². The van der Waals surface area contributed by atoms with Gasteiger partial charge in [-0.15, -0.1) is 11.3 Å². The van der Waals surface area contributed by atoms with Crippen LogP contribution >= 0.6 is 11.3 Å². The Kier molecular flexibility index (Phi) is 5.87. The van der Waals surface area contributed by atoms with Gasteiger partial charge in [0, 0.05) is 24.2 Å². The summed E-state index contributed by atoms with van der Waals surface area (Å²) >= 11 is 1.66. The number of hydrogen-bond acceptors (Lipinski definition) is 4. The van der Waals surface area contributed by atoms with Gasteiger partial charge in [0.2, 0.25) is 0 Å². The van der Waals surface area contributed by atoms with E-state index in [0.717, 1.165) is 38.1 Å². The van der Waals surface area contributed by atoms with Crippen LogP contribution in [0.2, 0.25) is 0 Å². The molecule has 1 aliphatic rings. The van der Waals surface area contributed by atoms with E-state index in [0.29, 0.717) is 12.4 Å². The fourth-order valence-electron chi connectivity index (χ4n) is 3.75. The highest BCUT2D eigenvalue weighted by molar-refractivity contribution is 7.09. The minimum absolute atomic E-state index is 0.193. The molecule has 4 rings (SSSR count). The fourth-order valence-corrected chi connectivity index (χ4v) is 4.52. The van der Waals surface area contributed by atoms with Gasteiger partial charge in [-0.3, -0.25) is 9.88 Å². The molecule has 3 aromatic rings. The molecule has 2 aromatic carbocycles. The summed E-state index contributed by atoms with van der Waals surface area (Å²) in [6.07, 6.45) is -0.596. The van der Waals surface area contributed by atoms with E-state index in [1.807, 2.05) is 11.7 Å². The summed E-state index contributed by atoms with van der Waals surface area (Å²) in [5.74, 6) is 0.459. The molecule has 1 atom stereocenters. The first-order valence-electron chi connectivity index (χ1n) is 9.52. The molecular weight excluding hydrogens is 397 g/mol. The van der Waals surface area contributed by atoms with E-state index >= 15 is 0 Å². The fraction of sp³-hybridized carbons (Fsp3) is 0.318. The van der Waals surface area contributed by atoms with Crippen molar-refractivity contribution in [2.75, 3.05) is 19.7 Å². The van der Waals surface area contributed by atoms with E-state index < -0.39 is 11.7 Å². The lowest BCUT2D eigenvalue weighted by Crippen LogP contribution is -2.36. The van der Waals surface area contributed by atoms with Gasteiger partial charge in [0.15, 0.2) is 0 Å². The van der Waals surface area contributed by atoms with Crippen LogP contribution in [-0.4, -0.2) is 29.6 Å². The smallest absolute Gasteiger partial charge is 0.416 e. The summed E-state index contributed by atoms with van der Waals surface area (Å²) in [6, 6.07) is 13.6. The van der Waals surface area contributed by atoms with E-state index in [1.54, 1.807) is 11.3 Å². The highest BCUT2D eigenvalue weighted by atomic mass is 32.1. The molecular formula is C22H21F3N2OS. The van der Waals surface area contributed by atoms with Gasteiger partial charge in [-0.1, -0.05) is 24.3 Å². The molecule has 7 heteroatoms. The predicted molar refractivity (Wildman–Crippen MR) is 107 cm³/mol. The van der Waals surface area contributed by atoms with Gasteiger partial charge in [-0.25, -0.2) is 0 Å². The van der Waals surface area contributed by atoms with Crippen molar-refractivity contribution >= 4 is 11.3 Å². The minimum Gasteiger partial charge on any atom is -0.494 e. The molecule has 0 fully saturated rings.